The van der Waals surface area contributed by atoms with Crippen molar-refractivity contribution in [1.82, 2.24) is 19.4 Å². The predicted octanol–water partition coefficient (Wildman–Crippen LogP) is 2.79. The third kappa shape index (κ3) is 4.14. The topological polar surface area (TPSA) is 90.2 Å². The number of benzene rings is 1. The van der Waals surface area contributed by atoms with Crippen LogP contribution in [0.1, 0.15) is 19.3 Å². The maximum absolute atomic E-state index is 11.4. The number of aromatic nitrogens is 3. The van der Waals surface area contributed by atoms with Gasteiger partial charge in [0.1, 0.15) is 12.0 Å². The average molecular weight is 379 g/mol. The number of carbonyl (C=O) groups is 1. The summed E-state index contributed by atoms with van der Waals surface area (Å²) in [6.45, 7) is 3.58. The molecule has 0 radical (unpaired) electrons. The second kappa shape index (κ2) is 8.39. The van der Waals surface area contributed by atoms with Gasteiger partial charge in [0, 0.05) is 31.0 Å². The first-order valence-corrected chi connectivity index (χ1v) is 9.75. The van der Waals surface area contributed by atoms with E-state index in [4.69, 9.17) is 10.2 Å². The van der Waals surface area contributed by atoms with Crippen molar-refractivity contribution in [2.75, 3.05) is 19.6 Å². The fourth-order valence-electron chi connectivity index (χ4n) is 3.77. The maximum Gasteiger partial charge on any atom is 0.226 e. The number of oxazole rings is 1. The Morgan fingerprint density at radius 2 is 2.11 bits per heavy atom. The number of aryl methyl sites for hydroxylation is 1. The number of likely N-dealkylation sites (tertiary alicyclic amines) is 1. The molecular formula is C21H25N5O2. The third-order valence-corrected chi connectivity index (χ3v) is 5.25. The SMILES string of the molecule is NC(=O)C1CCCN(CCCn2ccnc2-c2coc(-c3ccccc3)n2)C1. The zero-order chi connectivity index (χ0) is 19.3. The molecule has 1 aromatic carbocycles. The molecule has 1 unspecified atom stereocenters. The lowest BCUT2D eigenvalue weighted by Gasteiger charge is -2.31. The molecule has 0 aliphatic carbocycles. The molecule has 4 rings (SSSR count). The highest BCUT2D eigenvalue weighted by Crippen LogP contribution is 2.24. The Morgan fingerprint density at radius 1 is 1.25 bits per heavy atom. The van der Waals surface area contributed by atoms with Gasteiger partial charge in [0.2, 0.25) is 11.8 Å². The highest BCUT2D eigenvalue weighted by Gasteiger charge is 2.23. The van der Waals surface area contributed by atoms with Crippen molar-refractivity contribution in [2.24, 2.45) is 11.7 Å². The second-order valence-corrected chi connectivity index (χ2v) is 7.24. The van der Waals surface area contributed by atoms with Gasteiger partial charge in [0.25, 0.3) is 0 Å². The molecule has 1 aliphatic rings. The summed E-state index contributed by atoms with van der Waals surface area (Å²) in [4.78, 5) is 22.8. The number of nitrogens with zero attached hydrogens (tertiary/aromatic N) is 4. The van der Waals surface area contributed by atoms with Crippen LogP contribution in [0.3, 0.4) is 0 Å². The van der Waals surface area contributed by atoms with Gasteiger partial charge in [0.05, 0.1) is 5.92 Å². The molecule has 0 saturated carbocycles. The molecule has 28 heavy (non-hydrogen) atoms. The standard InChI is InChI=1S/C21H25N5O2/c22-19(27)17-8-4-10-25(14-17)11-5-12-26-13-9-23-20(26)18-15-28-21(24-18)16-6-2-1-3-7-16/h1-3,6-7,9,13,15,17H,4-5,8,10-12,14H2,(H2,22,27). The van der Waals surface area contributed by atoms with E-state index < -0.39 is 0 Å². The van der Waals surface area contributed by atoms with Gasteiger partial charge in [-0.15, -0.1) is 0 Å². The number of imidazole rings is 1. The van der Waals surface area contributed by atoms with Crippen molar-refractivity contribution in [3.63, 3.8) is 0 Å². The van der Waals surface area contributed by atoms with E-state index in [1.165, 1.54) is 0 Å². The Bertz CT molecular complexity index is 918. The Kier molecular flexibility index (Phi) is 5.53. The Balaban J connectivity index is 1.37. The van der Waals surface area contributed by atoms with Crippen molar-refractivity contribution in [3.05, 3.63) is 49.0 Å². The zero-order valence-corrected chi connectivity index (χ0v) is 15.8. The van der Waals surface area contributed by atoms with Crippen LogP contribution >= 0.6 is 0 Å². The molecule has 3 aromatic rings. The van der Waals surface area contributed by atoms with Crippen LogP contribution in [0.25, 0.3) is 23.0 Å². The Hall–Kier alpha value is -2.93. The minimum atomic E-state index is -0.179. The van der Waals surface area contributed by atoms with E-state index in [0.717, 1.165) is 62.5 Å². The summed E-state index contributed by atoms with van der Waals surface area (Å²) < 4.78 is 7.75. The third-order valence-electron chi connectivity index (χ3n) is 5.25. The smallest absolute Gasteiger partial charge is 0.226 e. The molecule has 2 aromatic heterocycles. The molecule has 1 fully saturated rings. The number of amides is 1. The van der Waals surface area contributed by atoms with Gasteiger partial charge in [-0.3, -0.25) is 4.79 Å². The van der Waals surface area contributed by atoms with Crippen LogP contribution in [0.15, 0.2) is 53.4 Å². The number of rotatable bonds is 7. The highest BCUT2D eigenvalue weighted by atomic mass is 16.3. The van der Waals surface area contributed by atoms with Gasteiger partial charge in [-0.2, -0.15) is 0 Å². The van der Waals surface area contributed by atoms with Crippen LogP contribution in [0.2, 0.25) is 0 Å². The normalized spacial score (nSPS) is 17.6. The molecule has 3 heterocycles. The summed E-state index contributed by atoms with van der Waals surface area (Å²) in [6.07, 6.45) is 8.32. The summed E-state index contributed by atoms with van der Waals surface area (Å²) in [7, 11) is 0. The van der Waals surface area contributed by atoms with Crippen LogP contribution < -0.4 is 5.73 Å². The molecule has 7 nitrogen and oxygen atoms in total. The second-order valence-electron chi connectivity index (χ2n) is 7.24. The van der Waals surface area contributed by atoms with E-state index in [1.54, 1.807) is 12.5 Å². The number of nitrogens with two attached hydrogens (primary N) is 1. The van der Waals surface area contributed by atoms with Gasteiger partial charge in [-0.25, -0.2) is 9.97 Å². The summed E-state index contributed by atoms with van der Waals surface area (Å²) >= 11 is 0. The number of piperidine rings is 1. The lowest BCUT2D eigenvalue weighted by atomic mass is 9.97. The van der Waals surface area contributed by atoms with Gasteiger partial charge < -0.3 is 19.6 Å². The predicted molar refractivity (Wildman–Crippen MR) is 106 cm³/mol. The Labute approximate surface area is 164 Å². The van der Waals surface area contributed by atoms with Crippen molar-refractivity contribution in [1.29, 1.82) is 0 Å². The average Bonchev–Trinajstić information content (AvgIpc) is 3.38. The van der Waals surface area contributed by atoms with Crippen LogP contribution in [0.4, 0.5) is 0 Å². The van der Waals surface area contributed by atoms with Crippen LogP contribution in [-0.2, 0) is 11.3 Å². The van der Waals surface area contributed by atoms with Gasteiger partial charge in [-0.05, 0) is 44.5 Å². The maximum atomic E-state index is 11.4. The van der Waals surface area contributed by atoms with E-state index in [2.05, 4.69) is 19.4 Å². The number of primary amides is 1. The molecule has 0 bridgehead atoms. The van der Waals surface area contributed by atoms with E-state index in [9.17, 15) is 4.79 Å². The molecule has 2 N–H and O–H groups in total. The largest absolute Gasteiger partial charge is 0.444 e. The van der Waals surface area contributed by atoms with Crippen molar-refractivity contribution in [3.8, 4) is 23.0 Å². The minimum Gasteiger partial charge on any atom is -0.444 e. The van der Waals surface area contributed by atoms with Gasteiger partial charge >= 0.3 is 0 Å². The number of hydrogen-bond donors (Lipinski definition) is 1. The number of hydrogen-bond acceptors (Lipinski definition) is 5. The molecule has 1 saturated heterocycles. The Morgan fingerprint density at radius 3 is 2.93 bits per heavy atom. The summed E-state index contributed by atoms with van der Waals surface area (Å²) in [5.41, 5.74) is 7.15. The molecule has 146 valence electrons. The minimum absolute atomic E-state index is 0.0101. The monoisotopic (exact) mass is 379 g/mol. The fraction of sp³-hybridized carbons (Fsp3) is 0.381. The summed E-state index contributed by atoms with van der Waals surface area (Å²) in [6, 6.07) is 9.83. The van der Waals surface area contributed by atoms with E-state index in [0.29, 0.717) is 5.89 Å². The van der Waals surface area contributed by atoms with Crippen LogP contribution in [0, 0.1) is 5.92 Å². The molecule has 1 amide bonds. The lowest BCUT2D eigenvalue weighted by molar-refractivity contribution is -0.123. The first-order chi connectivity index (χ1) is 13.7. The summed E-state index contributed by atoms with van der Waals surface area (Å²) in [5.74, 6) is 1.21. The first-order valence-electron chi connectivity index (χ1n) is 9.75. The van der Waals surface area contributed by atoms with Crippen LogP contribution in [0.5, 0.6) is 0 Å². The van der Waals surface area contributed by atoms with Gasteiger partial charge in [0.15, 0.2) is 5.82 Å². The summed E-state index contributed by atoms with van der Waals surface area (Å²) in [5, 5.41) is 0. The highest BCUT2D eigenvalue weighted by molar-refractivity contribution is 5.76. The quantitative estimate of drug-likeness (QED) is 0.682. The first kappa shape index (κ1) is 18.4. The molecule has 0 spiro atoms. The van der Waals surface area contributed by atoms with Crippen molar-refractivity contribution in [2.45, 2.75) is 25.8 Å². The molecule has 1 aliphatic heterocycles. The molecule has 7 heteroatoms. The van der Waals surface area contributed by atoms with Crippen molar-refractivity contribution >= 4 is 5.91 Å². The van der Waals surface area contributed by atoms with E-state index >= 15 is 0 Å². The number of carbonyl (C=O) groups excluding carboxylic acids is 1. The van der Waals surface area contributed by atoms with E-state index in [-0.39, 0.29) is 11.8 Å². The van der Waals surface area contributed by atoms with Crippen LogP contribution in [-0.4, -0.2) is 45.0 Å². The molecule has 1 atom stereocenters. The van der Waals surface area contributed by atoms with E-state index in [1.807, 2.05) is 36.5 Å². The zero-order valence-electron chi connectivity index (χ0n) is 15.8. The lowest BCUT2D eigenvalue weighted by Crippen LogP contribution is -2.41. The fourth-order valence-corrected chi connectivity index (χ4v) is 3.77. The van der Waals surface area contributed by atoms with Gasteiger partial charge in [-0.1, -0.05) is 18.2 Å². The van der Waals surface area contributed by atoms with Crippen molar-refractivity contribution < 1.29 is 9.21 Å². The molecular weight excluding hydrogens is 354 g/mol.